The third kappa shape index (κ3) is 4.26. The van der Waals surface area contributed by atoms with Crippen molar-refractivity contribution in [2.75, 3.05) is 20.2 Å². The first-order valence-electron chi connectivity index (χ1n) is 11.0. The fourth-order valence-electron chi connectivity index (χ4n) is 4.29. The lowest BCUT2D eigenvalue weighted by atomic mass is 9.96. The van der Waals surface area contributed by atoms with Crippen LogP contribution in [0.15, 0.2) is 53.3 Å². The Kier molecular flexibility index (Phi) is 6.02. The van der Waals surface area contributed by atoms with Crippen LogP contribution in [-0.4, -0.2) is 56.0 Å². The third-order valence-corrected chi connectivity index (χ3v) is 6.45. The van der Waals surface area contributed by atoms with E-state index in [0.717, 1.165) is 18.4 Å². The summed E-state index contributed by atoms with van der Waals surface area (Å²) in [6.45, 7) is 1.44. The average molecular weight is 479 g/mol. The number of likely N-dealkylation sites (tertiary alicyclic amines) is 1. The van der Waals surface area contributed by atoms with E-state index in [-0.39, 0.29) is 22.9 Å². The smallest absolute Gasteiger partial charge is 0.281 e. The molecule has 1 aliphatic rings. The molecule has 1 fully saturated rings. The van der Waals surface area contributed by atoms with Gasteiger partial charge in [0.25, 0.3) is 11.5 Å². The predicted octanol–water partition coefficient (Wildman–Crippen LogP) is 3.24. The van der Waals surface area contributed by atoms with Crippen LogP contribution in [0.2, 0.25) is 5.02 Å². The van der Waals surface area contributed by atoms with E-state index in [9.17, 15) is 9.59 Å². The van der Waals surface area contributed by atoms with Gasteiger partial charge in [0.2, 0.25) is 0 Å². The lowest BCUT2D eigenvalue weighted by molar-refractivity contribution is 0.0704. The Morgan fingerprint density at radius 3 is 2.91 bits per heavy atom. The van der Waals surface area contributed by atoms with Crippen LogP contribution in [0.4, 0.5) is 0 Å². The maximum Gasteiger partial charge on any atom is 0.281 e. The third-order valence-electron chi connectivity index (χ3n) is 6.08. The molecule has 10 heteroatoms. The topological polar surface area (TPSA) is 106 Å². The number of aromatic nitrogens is 5. The van der Waals surface area contributed by atoms with Crippen LogP contribution in [0, 0.1) is 0 Å². The SMILES string of the molecule is COc1cccc(C(=O)N2CCC[C@H](c3nc4c(nnn4Cc4ccccc4Cl)c(=O)[nH]3)C2)c1. The minimum absolute atomic E-state index is 0.0718. The number of methoxy groups -OCH3 is 1. The number of fused-ring (bicyclic) bond motifs is 1. The van der Waals surface area contributed by atoms with E-state index in [1.165, 1.54) is 0 Å². The molecule has 1 aliphatic heterocycles. The van der Waals surface area contributed by atoms with Crippen LogP contribution in [0.3, 0.4) is 0 Å². The summed E-state index contributed by atoms with van der Waals surface area (Å²) in [5.41, 5.74) is 1.65. The highest BCUT2D eigenvalue weighted by Gasteiger charge is 2.28. The molecule has 0 unspecified atom stereocenters. The van der Waals surface area contributed by atoms with Crippen LogP contribution in [0.5, 0.6) is 5.75 Å². The van der Waals surface area contributed by atoms with Crippen LogP contribution in [0.25, 0.3) is 11.2 Å². The number of nitrogens with one attached hydrogen (secondary N) is 1. The first kappa shape index (κ1) is 22.1. The molecule has 0 saturated carbocycles. The van der Waals surface area contributed by atoms with Gasteiger partial charge in [-0.05, 0) is 42.7 Å². The Morgan fingerprint density at radius 2 is 2.09 bits per heavy atom. The van der Waals surface area contributed by atoms with Crippen molar-refractivity contribution in [2.45, 2.75) is 25.3 Å². The molecule has 0 spiro atoms. The zero-order chi connectivity index (χ0) is 23.7. The molecule has 4 aromatic rings. The summed E-state index contributed by atoms with van der Waals surface area (Å²) in [4.78, 5) is 35.2. The van der Waals surface area contributed by atoms with Crippen LogP contribution >= 0.6 is 11.6 Å². The second-order valence-electron chi connectivity index (χ2n) is 8.28. The molecule has 1 saturated heterocycles. The Morgan fingerprint density at radius 1 is 1.24 bits per heavy atom. The average Bonchev–Trinajstić information content (AvgIpc) is 3.28. The van der Waals surface area contributed by atoms with Gasteiger partial charge in [0.05, 0.1) is 13.7 Å². The van der Waals surface area contributed by atoms with E-state index in [1.807, 2.05) is 18.2 Å². The fraction of sp³-hybridized carbons (Fsp3) is 0.292. The number of hydrogen-bond acceptors (Lipinski definition) is 6. The molecule has 1 amide bonds. The second kappa shape index (κ2) is 9.26. The zero-order valence-corrected chi connectivity index (χ0v) is 19.3. The molecule has 9 nitrogen and oxygen atoms in total. The van der Waals surface area contributed by atoms with Crippen LogP contribution in [0.1, 0.15) is 40.5 Å². The maximum atomic E-state index is 13.1. The summed E-state index contributed by atoms with van der Waals surface area (Å²) >= 11 is 6.30. The van der Waals surface area contributed by atoms with Gasteiger partial charge in [0.15, 0.2) is 11.2 Å². The summed E-state index contributed by atoms with van der Waals surface area (Å²) in [7, 11) is 1.57. The van der Waals surface area contributed by atoms with Gasteiger partial charge in [0.1, 0.15) is 11.6 Å². The van der Waals surface area contributed by atoms with Crippen molar-refractivity contribution in [2.24, 2.45) is 0 Å². The standard InChI is InChI=1S/C24H23ClN6O3/c1-34-18-9-4-7-15(12-18)24(33)30-11-5-8-17(13-30)21-26-22-20(23(32)27-21)28-29-31(22)14-16-6-2-3-10-19(16)25/h2-4,6-7,9-10,12,17H,5,8,11,13-14H2,1H3,(H,26,27,32)/t17-/m0/s1. The number of amides is 1. The summed E-state index contributed by atoms with van der Waals surface area (Å²) in [6.07, 6.45) is 1.61. The van der Waals surface area contributed by atoms with Crippen LogP contribution < -0.4 is 10.3 Å². The summed E-state index contributed by atoms with van der Waals surface area (Å²) in [5.74, 6) is 0.986. The van der Waals surface area contributed by atoms with Gasteiger partial charge >= 0.3 is 0 Å². The van der Waals surface area contributed by atoms with Gasteiger partial charge in [-0.1, -0.05) is 41.1 Å². The quantitative estimate of drug-likeness (QED) is 0.472. The van der Waals surface area contributed by atoms with Gasteiger partial charge in [-0.15, -0.1) is 5.10 Å². The number of nitrogens with zero attached hydrogens (tertiary/aromatic N) is 5. The van der Waals surface area contributed by atoms with Gasteiger partial charge in [-0.2, -0.15) is 0 Å². The van der Waals surface area contributed by atoms with Crippen molar-refractivity contribution in [3.05, 3.63) is 80.9 Å². The number of halogens is 1. The van der Waals surface area contributed by atoms with E-state index in [1.54, 1.807) is 47.0 Å². The Bertz CT molecular complexity index is 1420. The van der Waals surface area contributed by atoms with Crippen molar-refractivity contribution in [1.29, 1.82) is 0 Å². The molecule has 2 aromatic carbocycles. The Hall–Kier alpha value is -3.72. The lowest BCUT2D eigenvalue weighted by Crippen LogP contribution is -2.40. The molecule has 3 heterocycles. The molecule has 0 aliphatic carbocycles. The highest BCUT2D eigenvalue weighted by atomic mass is 35.5. The van der Waals surface area contributed by atoms with Crippen molar-refractivity contribution in [3.63, 3.8) is 0 Å². The minimum Gasteiger partial charge on any atom is -0.497 e. The summed E-state index contributed by atoms with van der Waals surface area (Å²) < 4.78 is 6.83. The minimum atomic E-state index is -0.346. The maximum absolute atomic E-state index is 13.1. The molecule has 34 heavy (non-hydrogen) atoms. The normalized spacial score (nSPS) is 16.1. The van der Waals surface area contributed by atoms with E-state index >= 15 is 0 Å². The van der Waals surface area contributed by atoms with Crippen molar-refractivity contribution in [1.82, 2.24) is 29.9 Å². The molecular formula is C24H23ClN6O3. The number of aromatic amines is 1. The Labute approximate surface area is 200 Å². The second-order valence-corrected chi connectivity index (χ2v) is 8.69. The molecule has 1 atom stereocenters. The van der Waals surface area contributed by atoms with E-state index in [4.69, 9.17) is 21.3 Å². The fourth-order valence-corrected chi connectivity index (χ4v) is 4.49. The van der Waals surface area contributed by atoms with E-state index in [0.29, 0.717) is 47.4 Å². The van der Waals surface area contributed by atoms with Crippen LogP contribution in [-0.2, 0) is 6.54 Å². The number of carbonyl (C=O) groups excluding carboxylic acids is 1. The monoisotopic (exact) mass is 478 g/mol. The van der Waals surface area contributed by atoms with Crippen molar-refractivity contribution >= 4 is 28.7 Å². The molecule has 5 rings (SSSR count). The van der Waals surface area contributed by atoms with Gasteiger partial charge in [0, 0.05) is 29.6 Å². The molecule has 2 aromatic heterocycles. The molecule has 1 N–H and O–H groups in total. The van der Waals surface area contributed by atoms with Gasteiger partial charge in [-0.3, -0.25) is 9.59 Å². The zero-order valence-electron chi connectivity index (χ0n) is 18.6. The highest BCUT2D eigenvalue weighted by Crippen LogP contribution is 2.26. The molecular weight excluding hydrogens is 456 g/mol. The highest BCUT2D eigenvalue weighted by molar-refractivity contribution is 6.31. The molecule has 174 valence electrons. The first-order chi connectivity index (χ1) is 16.5. The predicted molar refractivity (Wildman–Crippen MR) is 127 cm³/mol. The summed E-state index contributed by atoms with van der Waals surface area (Å²) in [6, 6.07) is 14.6. The summed E-state index contributed by atoms with van der Waals surface area (Å²) in [5, 5.41) is 8.75. The number of piperidine rings is 1. The largest absolute Gasteiger partial charge is 0.497 e. The van der Waals surface area contributed by atoms with Gasteiger partial charge in [-0.25, -0.2) is 9.67 Å². The number of ether oxygens (including phenoxy) is 1. The number of H-pyrrole nitrogens is 1. The van der Waals surface area contributed by atoms with Gasteiger partial charge < -0.3 is 14.6 Å². The number of carbonyl (C=O) groups is 1. The molecule has 0 radical (unpaired) electrons. The number of benzene rings is 2. The Balaban J connectivity index is 1.42. The van der Waals surface area contributed by atoms with E-state index in [2.05, 4.69) is 15.3 Å². The van der Waals surface area contributed by atoms with E-state index < -0.39 is 0 Å². The molecule has 0 bridgehead atoms. The number of rotatable bonds is 5. The number of hydrogen-bond donors (Lipinski definition) is 1. The lowest BCUT2D eigenvalue weighted by Gasteiger charge is -2.32. The first-order valence-corrected chi connectivity index (χ1v) is 11.4. The van der Waals surface area contributed by atoms with Crippen molar-refractivity contribution in [3.8, 4) is 5.75 Å². The van der Waals surface area contributed by atoms with Crippen molar-refractivity contribution < 1.29 is 9.53 Å².